The normalized spacial score (nSPS) is 19.0. The number of nitrogens with one attached hydrogen (secondary N) is 1. The molecule has 0 saturated carbocycles. The van der Waals surface area contributed by atoms with E-state index >= 15 is 0 Å². The van der Waals surface area contributed by atoms with Gasteiger partial charge in [-0.3, -0.25) is 4.68 Å². The van der Waals surface area contributed by atoms with Gasteiger partial charge in [-0.2, -0.15) is 5.10 Å². The number of aryl methyl sites for hydroxylation is 1. The zero-order valence-corrected chi connectivity index (χ0v) is 12.5. The van der Waals surface area contributed by atoms with Crippen molar-refractivity contribution in [2.24, 2.45) is 7.05 Å². The van der Waals surface area contributed by atoms with Gasteiger partial charge in [0.25, 0.3) is 0 Å². The minimum Gasteiger partial charge on any atom is -0.376 e. The van der Waals surface area contributed by atoms with E-state index < -0.39 is 0 Å². The van der Waals surface area contributed by atoms with Gasteiger partial charge < -0.3 is 14.8 Å². The Hall–Kier alpha value is -1.73. The SMILES string of the molecule is CNc1nc(COCC2CCCCO2)nc2c1cnn2C. The van der Waals surface area contributed by atoms with Crippen LogP contribution in [0.15, 0.2) is 6.20 Å². The molecule has 1 aliphatic rings. The molecule has 0 spiro atoms. The Bertz CT molecular complexity index is 607. The van der Waals surface area contributed by atoms with Gasteiger partial charge >= 0.3 is 0 Å². The average molecular weight is 291 g/mol. The van der Waals surface area contributed by atoms with Crippen LogP contribution in [0.2, 0.25) is 0 Å². The molecular weight excluding hydrogens is 270 g/mol. The molecule has 3 heterocycles. The van der Waals surface area contributed by atoms with E-state index in [1.165, 1.54) is 6.42 Å². The predicted molar refractivity (Wildman–Crippen MR) is 79.1 cm³/mol. The number of nitrogens with zero attached hydrogens (tertiary/aromatic N) is 4. The van der Waals surface area contributed by atoms with E-state index in [-0.39, 0.29) is 6.10 Å². The van der Waals surface area contributed by atoms with Gasteiger partial charge in [-0.1, -0.05) is 0 Å². The number of aromatic nitrogens is 4. The molecule has 0 amide bonds. The molecule has 2 aromatic heterocycles. The molecule has 0 aromatic carbocycles. The number of ether oxygens (including phenoxy) is 2. The molecule has 1 atom stereocenters. The number of rotatable bonds is 5. The Morgan fingerprint density at radius 2 is 2.33 bits per heavy atom. The monoisotopic (exact) mass is 291 g/mol. The zero-order chi connectivity index (χ0) is 14.7. The average Bonchev–Trinajstić information content (AvgIpc) is 2.89. The molecule has 1 unspecified atom stereocenters. The second kappa shape index (κ2) is 6.36. The van der Waals surface area contributed by atoms with E-state index in [2.05, 4.69) is 20.4 Å². The third-order valence-electron chi connectivity index (χ3n) is 3.68. The van der Waals surface area contributed by atoms with E-state index in [1.54, 1.807) is 10.9 Å². The van der Waals surface area contributed by atoms with Gasteiger partial charge in [0.15, 0.2) is 11.5 Å². The van der Waals surface area contributed by atoms with Crippen molar-refractivity contribution in [3.05, 3.63) is 12.0 Å². The summed E-state index contributed by atoms with van der Waals surface area (Å²) < 4.78 is 13.1. The minimum atomic E-state index is 0.211. The van der Waals surface area contributed by atoms with E-state index in [0.29, 0.717) is 19.0 Å². The highest BCUT2D eigenvalue weighted by Gasteiger charge is 2.15. The van der Waals surface area contributed by atoms with Crippen LogP contribution in [0.1, 0.15) is 25.1 Å². The van der Waals surface area contributed by atoms with Gasteiger partial charge in [-0.05, 0) is 19.3 Å². The largest absolute Gasteiger partial charge is 0.376 e. The summed E-state index contributed by atoms with van der Waals surface area (Å²) in [5, 5.41) is 8.21. The fraction of sp³-hybridized carbons (Fsp3) is 0.643. The smallest absolute Gasteiger partial charge is 0.163 e. The van der Waals surface area contributed by atoms with Crippen molar-refractivity contribution in [3.63, 3.8) is 0 Å². The van der Waals surface area contributed by atoms with Crippen LogP contribution in [0.5, 0.6) is 0 Å². The highest BCUT2D eigenvalue weighted by atomic mass is 16.5. The summed E-state index contributed by atoms with van der Waals surface area (Å²) in [4.78, 5) is 8.98. The third-order valence-corrected chi connectivity index (χ3v) is 3.68. The van der Waals surface area contributed by atoms with Crippen molar-refractivity contribution >= 4 is 16.9 Å². The lowest BCUT2D eigenvalue weighted by Crippen LogP contribution is -2.24. The first-order valence-corrected chi connectivity index (χ1v) is 7.33. The zero-order valence-electron chi connectivity index (χ0n) is 12.5. The molecular formula is C14H21N5O2. The third kappa shape index (κ3) is 3.14. The molecule has 1 N–H and O–H groups in total. The lowest BCUT2D eigenvalue weighted by molar-refractivity contribution is -0.0457. The van der Waals surface area contributed by atoms with E-state index in [9.17, 15) is 0 Å². The fourth-order valence-corrected chi connectivity index (χ4v) is 2.54. The molecule has 7 nitrogen and oxygen atoms in total. The van der Waals surface area contributed by atoms with Crippen LogP contribution in [-0.2, 0) is 23.1 Å². The van der Waals surface area contributed by atoms with Gasteiger partial charge in [0.1, 0.15) is 12.4 Å². The molecule has 1 aliphatic heterocycles. The Morgan fingerprint density at radius 1 is 1.43 bits per heavy atom. The van der Waals surface area contributed by atoms with Gasteiger partial charge in [0.2, 0.25) is 0 Å². The summed E-state index contributed by atoms with van der Waals surface area (Å²) in [5.41, 5.74) is 0.807. The van der Waals surface area contributed by atoms with Crippen LogP contribution in [0.25, 0.3) is 11.0 Å². The summed E-state index contributed by atoms with van der Waals surface area (Å²) >= 11 is 0. The molecule has 0 aliphatic carbocycles. The number of anilines is 1. The highest BCUT2D eigenvalue weighted by molar-refractivity contribution is 5.86. The van der Waals surface area contributed by atoms with Crippen molar-refractivity contribution in [1.29, 1.82) is 0 Å². The second-order valence-electron chi connectivity index (χ2n) is 5.25. The lowest BCUT2D eigenvalue weighted by atomic mass is 10.1. The highest BCUT2D eigenvalue weighted by Crippen LogP contribution is 2.19. The maximum Gasteiger partial charge on any atom is 0.163 e. The van der Waals surface area contributed by atoms with E-state index in [1.807, 2.05) is 14.1 Å². The second-order valence-corrected chi connectivity index (χ2v) is 5.25. The van der Waals surface area contributed by atoms with Crippen LogP contribution >= 0.6 is 0 Å². The first-order chi connectivity index (χ1) is 10.3. The molecule has 114 valence electrons. The summed E-state index contributed by atoms with van der Waals surface area (Å²) in [6.07, 6.45) is 5.42. The van der Waals surface area contributed by atoms with Gasteiger partial charge in [-0.15, -0.1) is 0 Å². The Morgan fingerprint density at radius 3 is 3.10 bits per heavy atom. The maximum atomic E-state index is 5.72. The van der Waals surface area contributed by atoms with E-state index in [0.717, 1.165) is 36.3 Å². The van der Waals surface area contributed by atoms with Crippen LogP contribution in [0.3, 0.4) is 0 Å². The standard InChI is InChI=1S/C14H21N5O2/c1-15-13-11-7-16-19(2)14(11)18-12(17-13)9-20-8-10-5-3-4-6-21-10/h7,10H,3-6,8-9H2,1-2H3,(H,15,17,18). The van der Waals surface area contributed by atoms with Crippen molar-refractivity contribution in [1.82, 2.24) is 19.7 Å². The van der Waals surface area contributed by atoms with Crippen molar-refractivity contribution in [3.8, 4) is 0 Å². The molecule has 2 aromatic rings. The van der Waals surface area contributed by atoms with Crippen molar-refractivity contribution in [2.75, 3.05) is 25.6 Å². The van der Waals surface area contributed by atoms with Gasteiger partial charge in [0, 0.05) is 20.7 Å². The molecule has 7 heteroatoms. The molecule has 21 heavy (non-hydrogen) atoms. The lowest BCUT2D eigenvalue weighted by Gasteiger charge is -2.22. The van der Waals surface area contributed by atoms with Crippen LogP contribution in [0.4, 0.5) is 5.82 Å². The van der Waals surface area contributed by atoms with Crippen LogP contribution in [-0.4, -0.2) is 46.1 Å². The number of fused-ring (bicyclic) bond motifs is 1. The first kappa shape index (κ1) is 14.2. The predicted octanol–water partition coefficient (Wildman–Crippen LogP) is 1.49. The maximum absolute atomic E-state index is 5.72. The van der Waals surface area contributed by atoms with Crippen molar-refractivity contribution < 1.29 is 9.47 Å². The Kier molecular flexibility index (Phi) is 4.31. The quantitative estimate of drug-likeness (QED) is 0.899. The number of hydrogen-bond acceptors (Lipinski definition) is 6. The van der Waals surface area contributed by atoms with Crippen molar-refractivity contribution in [2.45, 2.75) is 32.0 Å². The summed E-state index contributed by atoms with van der Waals surface area (Å²) in [6.45, 7) is 1.83. The van der Waals surface area contributed by atoms with Crippen LogP contribution in [0, 0.1) is 0 Å². The minimum absolute atomic E-state index is 0.211. The Balaban J connectivity index is 1.67. The van der Waals surface area contributed by atoms with Gasteiger partial charge in [-0.25, -0.2) is 9.97 Å². The first-order valence-electron chi connectivity index (χ1n) is 7.33. The van der Waals surface area contributed by atoms with Gasteiger partial charge in [0.05, 0.1) is 24.3 Å². The molecule has 0 bridgehead atoms. The van der Waals surface area contributed by atoms with E-state index in [4.69, 9.17) is 9.47 Å². The Labute approximate surface area is 123 Å². The summed E-state index contributed by atoms with van der Waals surface area (Å²) in [5.74, 6) is 1.44. The summed E-state index contributed by atoms with van der Waals surface area (Å²) in [7, 11) is 3.71. The molecule has 0 radical (unpaired) electrons. The van der Waals surface area contributed by atoms with Crippen LogP contribution < -0.4 is 5.32 Å². The molecule has 1 fully saturated rings. The summed E-state index contributed by atoms with van der Waals surface area (Å²) in [6, 6.07) is 0. The number of hydrogen-bond donors (Lipinski definition) is 1. The molecule has 1 saturated heterocycles. The fourth-order valence-electron chi connectivity index (χ4n) is 2.54. The molecule has 3 rings (SSSR count). The topological polar surface area (TPSA) is 74.1 Å².